The van der Waals surface area contributed by atoms with E-state index >= 15 is 0 Å². The Kier molecular flexibility index (Phi) is 4.54. The Hall–Kier alpha value is -0.610. The van der Waals surface area contributed by atoms with Crippen LogP contribution < -0.4 is 5.32 Å². The van der Waals surface area contributed by atoms with Crippen LogP contribution in [0, 0.1) is 5.41 Å². The molecule has 1 fully saturated rings. The molecule has 0 aliphatic carbocycles. The third-order valence-electron chi connectivity index (χ3n) is 2.66. The van der Waals surface area contributed by atoms with Gasteiger partial charge in [-0.3, -0.25) is 4.79 Å². The molecule has 1 aliphatic heterocycles. The number of carbonyl (C=O) groups is 1. The van der Waals surface area contributed by atoms with Gasteiger partial charge < -0.3 is 14.8 Å². The first-order valence-electron chi connectivity index (χ1n) is 5.59. The molecule has 0 amide bonds. The third-order valence-corrected chi connectivity index (χ3v) is 2.66. The van der Waals surface area contributed by atoms with Crippen LogP contribution in [0.25, 0.3) is 0 Å². The predicted octanol–water partition coefficient (Wildman–Crippen LogP) is 0.954. The van der Waals surface area contributed by atoms with Gasteiger partial charge in [-0.15, -0.1) is 0 Å². The lowest BCUT2D eigenvalue weighted by Crippen LogP contribution is -2.51. The maximum absolute atomic E-state index is 11.5. The largest absolute Gasteiger partial charge is 0.465 e. The van der Waals surface area contributed by atoms with Crippen molar-refractivity contribution >= 4 is 5.97 Å². The number of hydrogen-bond donors (Lipinski definition) is 1. The normalized spacial score (nSPS) is 20.5. The fraction of sp³-hybridized carbons (Fsp3) is 0.909. The monoisotopic (exact) mass is 215 g/mol. The first-order chi connectivity index (χ1) is 7.11. The Balaban J connectivity index is 2.29. The van der Waals surface area contributed by atoms with E-state index in [0.717, 1.165) is 26.2 Å². The standard InChI is InChI=1S/C11H21NO3/c1-4-9(10(13)15-5-2)12-6-11(3)7-14-8-11/h9,12H,4-8H2,1-3H3. The molecule has 0 aromatic rings. The molecule has 1 atom stereocenters. The summed E-state index contributed by atoms with van der Waals surface area (Å²) >= 11 is 0. The minimum absolute atomic E-state index is 0.149. The topological polar surface area (TPSA) is 47.6 Å². The molecule has 0 bridgehead atoms. The predicted molar refractivity (Wildman–Crippen MR) is 57.6 cm³/mol. The minimum atomic E-state index is -0.178. The molecular formula is C11H21NO3. The van der Waals surface area contributed by atoms with E-state index in [4.69, 9.17) is 9.47 Å². The van der Waals surface area contributed by atoms with E-state index in [-0.39, 0.29) is 17.4 Å². The van der Waals surface area contributed by atoms with Crippen LogP contribution >= 0.6 is 0 Å². The van der Waals surface area contributed by atoms with Crippen LogP contribution in [0.5, 0.6) is 0 Å². The average Bonchev–Trinajstić information content (AvgIpc) is 2.16. The van der Waals surface area contributed by atoms with Crippen molar-refractivity contribution in [1.82, 2.24) is 5.32 Å². The fourth-order valence-electron chi connectivity index (χ4n) is 1.56. The number of rotatable bonds is 6. The third kappa shape index (κ3) is 3.47. The molecule has 0 spiro atoms. The van der Waals surface area contributed by atoms with Crippen LogP contribution in [0.1, 0.15) is 27.2 Å². The lowest BCUT2D eigenvalue weighted by molar-refractivity contribution is -0.146. The van der Waals surface area contributed by atoms with E-state index in [2.05, 4.69) is 12.2 Å². The Bertz CT molecular complexity index is 214. The van der Waals surface area contributed by atoms with E-state index in [9.17, 15) is 4.79 Å². The number of ether oxygens (including phenoxy) is 2. The highest BCUT2D eigenvalue weighted by Gasteiger charge is 2.34. The van der Waals surface area contributed by atoms with Crippen LogP contribution in [0.2, 0.25) is 0 Å². The summed E-state index contributed by atoms with van der Waals surface area (Å²) in [6.07, 6.45) is 0.760. The summed E-state index contributed by atoms with van der Waals surface area (Å²) in [7, 11) is 0. The molecule has 4 nitrogen and oxygen atoms in total. The summed E-state index contributed by atoms with van der Waals surface area (Å²) < 4.78 is 10.1. The summed E-state index contributed by atoms with van der Waals surface area (Å²) in [5.74, 6) is -0.149. The zero-order valence-corrected chi connectivity index (χ0v) is 9.84. The van der Waals surface area contributed by atoms with Gasteiger partial charge in [0.2, 0.25) is 0 Å². The lowest BCUT2D eigenvalue weighted by Gasteiger charge is -2.39. The van der Waals surface area contributed by atoms with Gasteiger partial charge >= 0.3 is 5.97 Å². The molecule has 0 aromatic carbocycles. The molecule has 1 unspecified atom stereocenters. The van der Waals surface area contributed by atoms with Gasteiger partial charge in [0.05, 0.1) is 19.8 Å². The van der Waals surface area contributed by atoms with Gasteiger partial charge in [0.1, 0.15) is 6.04 Å². The molecule has 88 valence electrons. The Morgan fingerprint density at radius 3 is 2.60 bits per heavy atom. The summed E-state index contributed by atoms with van der Waals surface area (Å²) in [5, 5.41) is 3.24. The van der Waals surface area contributed by atoms with E-state index in [0.29, 0.717) is 6.61 Å². The highest BCUT2D eigenvalue weighted by atomic mass is 16.5. The van der Waals surface area contributed by atoms with Gasteiger partial charge in [0.15, 0.2) is 0 Å². The van der Waals surface area contributed by atoms with E-state index in [1.54, 1.807) is 0 Å². The Morgan fingerprint density at radius 2 is 2.20 bits per heavy atom. The molecule has 0 saturated carbocycles. The second-order valence-corrected chi connectivity index (χ2v) is 4.40. The number of esters is 1. The van der Waals surface area contributed by atoms with Crippen molar-refractivity contribution in [3.63, 3.8) is 0 Å². The van der Waals surface area contributed by atoms with Crippen LogP contribution in [0.4, 0.5) is 0 Å². The summed E-state index contributed by atoms with van der Waals surface area (Å²) in [5.41, 5.74) is 0.194. The van der Waals surface area contributed by atoms with Crippen molar-refractivity contribution in [3.05, 3.63) is 0 Å². The Labute approximate surface area is 91.3 Å². The SMILES string of the molecule is CCOC(=O)C(CC)NCC1(C)COC1. The van der Waals surface area contributed by atoms with Crippen molar-refractivity contribution in [3.8, 4) is 0 Å². The zero-order chi connectivity index (χ0) is 11.3. The molecule has 1 saturated heterocycles. The molecule has 1 aliphatic rings. The van der Waals surface area contributed by atoms with Gasteiger partial charge in [-0.2, -0.15) is 0 Å². The van der Waals surface area contributed by atoms with Crippen molar-refractivity contribution in [2.45, 2.75) is 33.2 Å². The maximum atomic E-state index is 11.5. The zero-order valence-electron chi connectivity index (χ0n) is 9.84. The van der Waals surface area contributed by atoms with Crippen LogP contribution in [0.3, 0.4) is 0 Å². The summed E-state index contributed by atoms with van der Waals surface area (Å²) in [6.45, 7) is 8.77. The second kappa shape index (κ2) is 5.47. The van der Waals surface area contributed by atoms with Gasteiger partial charge in [0, 0.05) is 12.0 Å². The smallest absolute Gasteiger partial charge is 0.323 e. The fourth-order valence-corrected chi connectivity index (χ4v) is 1.56. The molecule has 1 N–H and O–H groups in total. The summed E-state index contributed by atoms with van der Waals surface area (Å²) in [6, 6.07) is -0.178. The molecule has 4 heteroatoms. The lowest BCUT2D eigenvalue weighted by atomic mass is 9.88. The second-order valence-electron chi connectivity index (χ2n) is 4.40. The van der Waals surface area contributed by atoms with E-state index < -0.39 is 0 Å². The van der Waals surface area contributed by atoms with Gasteiger partial charge in [0.25, 0.3) is 0 Å². The quantitative estimate of drug-likeness (QED) is 0.670. The van der Waals surface area contributed by atoms with Crippen LogP contribution in [0.15, 0.2) is 0 Å². The highest BCUT2D eigenvalue weighted by molar-refractivity contribution is 5.75. The highest BCUT2D eigenvalue weighted by Crippen LogP contribution is 2.25. The van der Waals surface area contributed by atoms with Crippen molar-refractivity contribution in [2.24, 2.45) is 5.41 Å². The van der Waals surface area contributed by atoms with E-state index in [1.807, 2.05) is 13.8 Å². The maximum Gasteiger partial charge on any atom is 0.323 e. The number of hydrogen-bond acceptors (Lipinski definition) is 4. The van der Waals surface area contributed by atoms with Gasteiger partial charge in [-0.1, -0.05) is 13.8 Å². The van der Waals surface area contributed by atoms with Crippen LogP contribution in [-0.4, -0.2) is 38.4 Å². The summed E-state index contributed by atoms with van der Waals surface area (Å²) in [4.78, 5) is 11.5. The first kappa shape index (κ1) is 12.5. The molecule has 0 radical (unpaired) electrons. The van der Waals surface area contributed by atoms with Gasteiger partial charge in [-0.05, 0) is 13.3 Å². The molecule has 1 rings (SSSR count). The van der Waals surface area contributed by atoms with E-state index in [1.165, 1.54) is 0 Å². The van der Waals surface area contributed by atoms with Crippen molar-refractivity contribution in [1.29, 1.82) is 0 Å². The molecular weight excluding hydrogens is 194 g/mol. The van der Waals surface area contributed by atoms with Crippen LogP contribution in [-0.2, 0) is 14.3 Å². The van der Waals surface area contributed by atoms with Crippen molar-refractivity contribution < 1.29 is 14.3 Å². The van der Waals surface area contributed by atoms with Crippen molar-refractivity contribution in [2.75, 3.05) is 26.4 Å². The first-order valence-corrected chi connectivity index (χ1v) is 5.59. The minimum Gasteiger partial charge on any atom is -0.465 e. The molecule has 0 aromatic heterocycles. The van der Waals surface area contributed by atoms with Gasteiger partial charge in [-0.25, -0.2) is 0 Å². The number of nitrogens with one attached hydrogen (secondary N) is 1. The molecule has 1 heterocycles. The number of carbonyl (C=O) groups excluding carboxylic acids is 1. The Morgan fingerprint density at radius 1 is 1.53 bits per heavy atom. The molecule has 15 heavy (non-hydrogen) atoms. The average molecular weight is 215 g/mol.